The van der Waals surface area contributed by atoms with E-state index in [4.69, 9.17) is 4.52 Å². The molecule has 0 aromatic carbocycles. The van der Waals surface area contributed by atoms with E-state index in [0.29, 0.717) is 17.5 Å². The number of rotatable bonds is 3. The molecule has 3 rings (SSSR count). The lowest BCUT2D eigenvalue weighted by molar-refractivity contribution is 0.411. The third-order valence-corrected chi connectivity index (χ3v) is 2.46. The summed E-state index contributed by atoms with van der Waals surface area (Å²) >= 11 is 0. The minimum absolute atomic E-state index is 0.398. The van der Waals surface area contributed by atoms with Gasteiger partial charge in [-0.1, -0.05) is 5.16 Å². The highest BCUT2D eigenvalue weighted by atomic mass is 16.5. The largest absolute Gasteiger partial charge is 0.342 e. The van der Waals surface area contributed by atoms with Crippen molar-refractivity contribution in [1.82, 2.24) is 30.1 Å². The summed E-state index contributed by atoms with van der Waals surface area (Å²) in [6.07, 6.45) is 10.0. The van der Waals surface area contributed by atoms with Crippen molar-refractivity contribution < 1.29 is 4.52 Å². The van der Waals surface area contributed by atoms with Crippen molar-refractivity contribution >= 4 is 11.6 Å². The Balaban J connectivity index is 1.88. The Labute approximate surface area is 108 Å². The van der Waals surface area contributed by atoms with Crippen molar-refractivity contribution in [3.63, 3.8) is 0 Å². The molecule has 3 aromatic rings. The van der Waals surface area contributed by atoms with Crippen LogP contribution in [0.4, 0.5) is 0 Å². The molecule has 0 amide bonds. The minimum Gasteiger partial charge on any atom is -0.342 e. The molecule has 0 saturated heterocycles. The fraction of sp³-hybridized carbons (Fsp3) is 0.0833. The van der Waals surface area contributed by atoms with E-state index >= 15 is 0 Å². The first-order chi connectivity index (χ1) is 9.33. The highest BCUT2D eigenvalue weighted by Gasteiger charge is 2.09. The monoisotopic (exact) mass is 254 g/mol. The quantitative estimate of drug-likeness (QED) is 0.766. The Morgan fingerprint density at radius 2 is 2.21 bits per heavy atom. The number of H-pyrrole nitrogens is 1. The van der Waals surface area contributed by atoms with Crippen molar-refractivity contribution in [2.45, 2.75) is 6.92 Å². The van der Waals surface area contributed by atoms with Crippen LogP contribution >= 0.6 is 0 Å². The van der Waals surface area contributed by atoms with Crippen molar-refractivity contribution in [1.29, 1.82) is 0 Å². The highest BCUT2D eigenvalue weighted by molar-refractivity contribution is 5.75. The molecule has 0 aliphatic carbocycles. The fourth-order valence-electron chi connectivity index (χ4n) is 1.54. The first kappa shape index (κ1) is 11.3. The molecule has 7 heteroatoms. The normalized spacial score (nSPS) is 11.7. The SMILES string of the molecule is C/C(=C/c1nc(-c2ncc[nH]2)no1)c1cnccn1. The van der Waals surface area contributed by atoms with Crippen LogP contribution in [0.2, 0.25) is 0 Å². The Bertz CT molecular complexity index is 686. The third kappa shape index (κ3) is 2.39. The van der Waals surface area contributed by atoms with Crippen LogP contribution in [-0.4, -0.2) is 30.1 Å². The molecule has 3 heterocycles. The molecule has 19 heavy (non-hydrogen) atoms. The smallest absolute Gasteiger partial charge is 0.251 e. The van der Waals surface area contributed by atoms with Gasteiger partial charge in [0.15, 0.2) is 5.82 Å². The zero-order valence-electron chi connectivity index (χ0n) is 10.1. The number of aromatic nitrogens is 6. The molecule has 0 saturated carbocycles. The summed E-state index contributed by atoms with van der Waals surface area (Å²) in [6.45, 7) is 1.90. The van der Waals surface area contributed by atoms with Gasteiger partial charge in [0.05, 0.1) is 11.9 Å². The molecule has 0 atom stereocenters. The first-order valence-electron chi connectivity index (χ1n) is 5.61. The fourth-order valence-corrected chi connectivity index (χ4v) is 1.54. The topological polar surface area (TPSA) is 93.4 Å². The zero-order chi connectivity index (χ0) is 13.1. The lowest BCUT2D eigenvalue weighted by Crippen LogP contribution is -1.86. The third-order valence-electron chi connectivity index (χ3n) is 2.46. The Kier molecular flexibility index (Phi) is 2.85. The molecule has 94 valence electrons. The summed E-state index contributed by atoms with van der Waals surface area (Å²) in [6, 6.07) is 0. The van der Waals surface area contributed by atoms with Gasteiger partial charge in [-0.2, -0.15) is 4.98 Å². The predicted octanol–water partition coefficient (Wildman–Crippen LogP) is 1.81. The molecule has 7 nitrogen and oxygen atoms in total. The van der Waals surface area contributed by atoms with E-state index in [1.54, 1.807) is 37.1 Å². The standard InChI is InChI=1S/C12H10N6O/c1-8(9-7-13-2-3-14-9)6-10-17-12(18-19-10)11-15-4-5-16-11/h2-7H,1H3,(H,15,16)/b8-6-. The average molecular weight is 254 g/mol. The number of allylic oxidation sites excluding steroid dienone is 1. The Morgan fingerprint density at radius 3 is 2.95 bits per heavy atom. The molecule has 3 aromatic heterocycles. The minimum atomic E-state index is 0.398. The number of nitrogens with zero attached hydrogens (tertiary/aromatic N) is 5. The van der Waals surface area contributed by atoms with Gasteiger partial charge in [0.2, 0.25) is 5.82 Å². The van der Waals surface area contributed by atoms with E-state index in [1.807, 2.05) is 6.92 Å². The van der Waals surface area contributed by atoms with Crippen LogP contribution in [0, 0.1) is 0 Å². The zero-order valence-corrected chi connectivity index (χ0v) is 10.1. The van der Waals surface area contributed by atoms with Gasteiger partial charge in [-0.3, -0.25) is 9.97 Å². The van der Waals surface area contributed by atoms with Gasteiger partial charge >= 0.3 is 0 Å². The van der Waals surface area contributed by atoms with E-state index in [1.165, 1.54) is 0 Å². The van der Waals surface area contributed by atoms with Crippen molar-refractivity contribution in [2.24, 2.45) is 0 Å². The van der Waals surface area contributed by atoms with Gasteiger partial charge in [0, 0.05) is 30.9 Å². The summed E-state index contributed by atoms with van der Waals surface area (Å²) in [4.78, 5) is 19.4. The van der Waals surface area contributed by atoms with Crippen molar-refractivity contribution in [3.8, 4) is 11.6 Å². The molecule has 0 aliphatic heterocycles. The number of hydrogen-bond donors (Lipinski definition) is 1. The predicted molar refractivity (Wildman–Crippen MR) is 67.5 cm³/mol. The second kappa shape index (κ2) is 4.81. The molecule has 0 fully saturated rings. The highest BCUT2D eigenvalue weighted by Crippen LogP contribution is 2.15. The number of imidazole rings is 1. The van der Waals surface area contributed by atoms with Gasteiger partial charge in [-0.25, -0.2) is 4.98 Å². The van der Waals surface area contributed by atoms with Crippen LogP contribution < -0.4 is 0 Å². The van der Waals surface area contributed by atoms with Crippen LogP contribution in [0.3, 0.4) is 0 Å². The number of hydrogen-bond acceptors (Lipinski definition) is 6. The summed E-state index contributed by atoms with van der Waals surface area (Å²) in [5, 5.41) is 3.84. The van der Waals surface area contributed by atoms with E-state index in [9.17, 15) is 0 Å². The molecule has 0 bridgehead atoms. The summed E-state index contributed by atoms with van der Waals surface area (Å²) in [5.74, 6) is 1.39. The van der Waals surface area contributed by atoms with Crippen LogP contribution in [0.25, 0.3) is 23.3 Å². The summed E-state index contributed by atoms with van der Waals surface area (Å²) in [5.41, 5.74) is 1.66. The van der Waals surface area contributed by atoms with Crippen LogP contribution in [-0.2, 0) is 0 Å². The summed E-state index contributed by atoms with van der Waals surface area (Å²) in [7, 11) is 0. The van der Waals surface area contributed by atoms with Crippen LogP contribution in [0.5, 0.6) is 0 Å². The number of aromatic amines is 1. The second-order valence-corrected chi connectivity index (χ2v) is 3.81. The molecule has 0 aliphatic rings. The lowest BCUT2D eigenvalue weighted by Gasteiger charge is -1.96. The van der Waals surface area contributed by atoms with Gasteiger partial charge in [-0.15, -0.1) is 0 Å². The molecule has 0 radical (unpaired) electrons. The molecule has 1 N–H and O–H groups in total. The summed E-state index contributed by atoms with van der Waals surface area (Å²) < 4.78 is 5.13. The first-order valence-corrected chi connectivity index (χ1v) is 5.61. The maximum Gasteiger partial charge on any atom is 0.251 e. The van der Waals surface area contributed by atoms with Crippen LogP contribution in [0.1, 0.15) is 18.5 Å². The molecular weight excluding hydrogens is 244 g/mol. The van der Waals surface area contributed by atoms with Crippen molar-refractivity contribution in [3.05, 3.63) is 42.6 Å². The van der Waals surface area contributed by atoms with Crippen molar-refractivity contribution in [2.75, 3.05) is 0 Å². The van der Waals surface area contributed by atoms with E-state index < -0.39 is 0 Å². The van der Waals surface area contributed by atoms with Gasteiger partial charge in [0.1, 0.15) is 0 Å². The Morgan fingerprint density at radius 1 is 1.26 bits per heavy atom. The maximum atomic E-state index is 5.13. The van der Waals surface area contributed by atoms with Gasteiger partial charge in [-0.05, 0) is 12.5 Å². The molecule has 0 spiro atoms. The Hall–Kier alpha value is -2.83. The van der Waals surface area contributed by atoms with Gasteiger partial charge < -0.3 is 9.51 Å². The van der Waals surface area contributed by atoms with Crippen LogP contribution in [0.15, 0.2) is 35.5 Å². The maximum absolute atomic E-state index is 5.13. The van der Waals surface area contributed by atoms with E-state index in [0.717, 1.165) is 11.3 Å². The number of nitrogens with one attached hydrogen (secondary N) is 1. The average Bonchev–Trinajstić information content (AvgIpc) is 3.10. The van der Waals surface area contributed by atoms with E-state index in [2.05, 4.69) is 30.1 Å². The lowest BCUT2D eigenvalue weighted by atomic mass is 10.2. The molecular formula is C12H10N6O. The van der Waals surface area contributed by atoms with Gasteiger partial charge in [0.25, 0.3) is 5.89 Å². The van der Waals surface area contributed by atoms with E-state index in [-0.39, 0.29) is 0 Å². The molecule has 0 unspecified atom stereocenters. The second-order valence-electron chi connectivity index (χ2n) is 3.81.